The van der Waals surface area contributed by atoms with Crippen molar-refractivity contribution in [1.29, 1.82) is 0 Å². The van der Waals surface area contributed by atoms with Crippen LogP contribution < -0.4 is 5.73 Å². The van der Waals surface area contributed by atoms with Gasteiger partial charge in [0.2, 0.25) is 0 Å². The topological polar surface area (TPSA) is 60.2 Å². The summed E-state index contributed by atoms with van der Waals surface area (Å²) in [6.45, 7) is 0.538. The minimum Gasteiger partial charge on any atom is -0.330 e. The highest BCUT2D eigenvalue weighted by atomic mass is 35.5. The van der Waals surface area contributed by atoms with Crippen LogP contribution in [0.4, 0.5) is 0 Å². The average Bonchev–Trinajstić information content (AvgIpc) is 2.96. The van der Waals surface area contributed by atoms with Crippen molar-refractivity contribution in [2.75, 3.05) is 12.8 Å². The third-order valence-corrected chi connectivity index (χ3v) is 4.47. The number of rotatable bonds is 3. The van der Waals surface area contributed by atoms with Crippen LogP contribution in [0.15, 0.2) is 23.1 Å². The van der Waals surface area contributed by atoms with Crippen LogP contribution in [0.2, 0.25) is 5.02 Å². The number of halogens is 1. The lowest BCUT2D eigenvalue weighted by Crippen LogP contribution is -2.20. The zero-order valence-electron chi connectivity index (χ0n) is 9.03. The Morgan fingerprint density at radius 3 is 2.44 bits per heavy atom. The summed E-state index contributed by atoms with van der Waals surface area (Å²) in [7, 11) is -3.21. The van der Waals surface area contributed by atoms with E-state index in [0.717, 1.165) is 18.4 Å². The standard InChI is InChI=1S/C11H14ClNO2S/c1-16(14,15)10-5-8(4-9(12)6-10)11(7-13)2-3-11/h4-6H,2-3,7,13H2,1H3. The van der Waals surface area contributed by atoms with Crippen LogP contribution in [-0.2, 0) is 15.3 Å². The van der Waals surface area contributed by atoms with E-state index < -0.39 is 9.84 Å². The Balaban J connectivity index is 2.53. The molecule has 88 valence electrons. The second-order valence-corrected chi connectivity index (χ2v) is 6.88. The van der Waals surface area contributed by atoms with E-state index in [1.165, 1.54) is 12.3 Å². The molecule has 1 aliphatic carbocycles. The smallest absolute Gasteiger partial charge is 0.175 e. The number of hydrogen-bond acceptors (Lipinski definition) is 3. The highest BCUT2D eigenvalue weighted by molar-refractivity contribution is 7.90. The fraction of sp³-hybridized carbons (Fsp3) is 0.455. The fourth-order valence-electron chi connectivity index (χ4n) is 1.84. The Labute approximate surface area is 101 Å². The third kappa shape index (κ3) is 2.10. The fourth-order valence-corrected chi connectivity index (χ4v) is 2.83. The van der Waals surface area contributed by atoms with Crippen LogP contribution in [0.3, 0.4) is 0 Å². The van der Waals surface area contributed by atoms with E-state index in [2.05, 4.69) is 0 Å². The summed E-state index contributed by atoms with van der Waals surface area (Å²) >= 11 is 5.94. The molecule has 1 aromatic carbocycles. The molecule has 0 aromatic heterocycles. The average molecular weight is 260 g/mol. The Hall–Kier alpha value is -0.580. The normalized spacial score (nSPS) is 18.4. The maximum Gasteiger partial charge on any atom is 0.175 e. The molecule has 0 bridgehead atoms. The Morgan fingerprint density at radius 2 is 2.00 bits per heavy atom. The lowest BCUT2D eigenvalue weighted by atomic mass is 9.96. The molecule has 1 aromatic rings. The van der Waals surface area contributed by atoms with Crippen molar-refractivity contribution in [2.45, 2.75) is 23.2 Å². The molecule has 0 heterocycles. The molecule has 0 saturated heterocycles. The van der Waals surface area contributed by atoms with E-state index in [-0.39, 0.29) is 10.3 Å². The molecule has 0 spiro atoms. The van der Waals surface area contributed by atoms with Gasteiger partial charge in [-0.3, -0.25) is 0 Å². The Kier molecular flexibility index (Phi) is 2.77. The molecule has 0 unspecified atom stereocenters. The van der Waals surface area contributed by atoms with Crippen LogP contribution in [0, 0.1) is 0 Å². The summed E-state index contributed by atoms with van der Waals surface area (Å²) < 4.78 is 23.0. The lowest BCUT2D eigenvalue weighted by Gasteiger charge is -2.14. The van der Waals surface area contributed by atoms with Crippen molar-refractivity contribution in [2.24, 2.45) is 5.73 Å². The van der Waals surface area contributed by atoms with E-state index in [9.17, 15) is 8.42 Å². The van der Waals surface area contributed by atoms with Crippen LogP contribution in [-0.4, -0.2) is 21.2 Å². The third-order valence-electron chi connectivity index (χ3n) is 3.16. The van der Waals surface area contributed by atoms with E-state index in [4.69, 9.17) is 17.3 Å². The molecule has 2 N–H and O–H groups in total. The molecule has 1 saturated carbocycles. The van der Waals surface area contributed by atoms with E-state index in [0.29, 0.717) is 11.6 Å². The van der Waals surface area contributed by atoms with Crippen molar-refractivity contribution >= 4 is 21.4 Å². The minimum atomic E-state index is -3.21. The van der Waals surface area contributed by atoms with Crippen molar-refractivity contribution in [3.63, 3.8) is 0 Å². The number of sulfone groups is 1. The van der Waals surface area contributed by atoms with E-state index in [1.807, 2.05) is 6.07 Å². The van der Waals surface area contributed by atoms with Crippen LogP contribution in [0.25, 0.3) is 0 Å². The zero-order valence-corrected chi connectivity index (χ0v) is 10.6. The first-order valence-corrected chi connectivity index (χ1v) is 7.36. The van der Waals surface area contributed by atoms with Gasteiger partial charge in [0.25, 0.3) is 0 Å². The molecule has 2 rings (SSSR count). The maximum atomic E-state index is 11.5. The quantitative estimate of drug-likeness (QED) is 0.899. The second kappa shape index (κ2) is 3.72. The summed E-state index contributed by atoms with van der Waals surface area (Å²) in [5.74, 6) is 0. The highest BCUT2D eigenvalue weighted by Crippen LogP contribution is 2.48. The van der Waals surface area contributed by atoms with Gasteiger partial charge in [0.1, 0.15) is 0 Å². The van der Waals surface area contributed by atoms with Gasteiger partial charge in [-0.1, -0.05) is 11.6 Å². The number of nitrogens with two attached hydrogens (primary N) is 1. The van der Waals surface area contributed by atoms with Gasteiger partial charge in [-0.2, -0.15) is 0 Å². The van der Waals surface area contributed by atoms with Gasteiger partial charge in [-0.15, -0.1) is 0 Å². The number of benzene rings is 1. The summed E-state index contributed by atoms with van der Waals surface area (Å²) in [5.41, 5.74) is 6.63. The van der Waals surface area contributed by atoms with Crippen molar-refractivity contribution < 1.29 is 8.42 Å². The first-order chi connectivity index (χ1) is 7.37. The molecular formula is C11H14ClNO2S. The molecule has 1 fully saturated rings. The van der Waals surface area contributed by atoms with Gasteiger partial charge in [-0.25, -0.2) is 8.42 Å². The lowest BCUT2D eigenvalue weighted by molar-refractivity contribution is 0.601. The van der Waals surface area contributed by atoms with Crippen molar-refractivity contribution in [3.8, 4) is 0 Å². The van der Waals surface area contributed by atoms with Crippen LogP contribution in [0.1, 0.15) is 18.4 Å². The SMILES string of the molecule is CS(=O)(=O)c1cc(Cl)cc(C2(CN)CC2)c1. The van der Waals surface area contributed by atoms with Crippen LogP contribution in [0.5, 0.6) is 0 Å². The van der Waals surface area contributed by atoms with Gasteiger partial charge in [0, 0.05) is 23.2 Å². The molecular weight excluding hydrogens is 246 g/mol. The van der Waals surface area contributed by atoms with Gasteiger partial charge >= 0.3 is 0 Å². The molecule has 16 heavy (non-hydrogen) atoms. The highest BCUT2D eigenvalue weighted by Gasteiger charge is 2.43. The molecule has 0 amide bonds. The largest absolute Gasteiger partial charge is 0.330 e. The van der Waals surface area contributed by atoms with Gasteiger partial charge in [0.05, 0.1) is 4.90 Å². The van der Waals surface area contributed by atoms with Crippen LogP contribution >= 0.6 is 11.6 Å². The van der Waals surface area contributed by atoms with E-state index >= 15 is 0 Å². The Bertz CT molecular complexity index is 521. The number of hydrogen-bond donors (Lipinski definition) is 1. The predicted octanol–water partition coefficient (Wildman–Crippen LogP) is 1.73. The van der Waals surface area contributed by atoms with E-state index in [1.54, 1.807) is 6.07 Å². The summed E-state index contributed by atoms with van der Waals surface area (Å²) in [5, 5.41) is 0.456. The summed E-state index contributed by atoms with van der Waals surface area (Å²) in [4.78, 5) is 0.273. The zero-order chi connectivity index (χ0) is 12.0. The molecule has 5 heteroatoms. The van der Waals surface area contributed by atoms with Gasteiger partial charge in [0.15, 0.2) is 9.84 Å². The van der Waals surface area contributed by atoms with Gasteiger partial charge in [-0.05, 0) is 36.6 Å². The minimum absolute atomic E-state index is 0.0374. The summed E-state index contributed by atoms with van der Waals surface area (Å²) in [6.07, 6.45) is 3.20. The molecule has 0 atom stereocenters. The summed E-state index contributed by atoms with van der Waals surface area (Å²) in [6, 6.07) is 4.99. The van der Waals surface area contributed by atoms with Gasteiger partial charge < -0.3 is 5.73 Å². The molecule has 3 nitrogen and oxygen atoms in total. The monoisotopic (exact) mass is 259 g/mol. The molecule has 0 aliphatic heterocycles. The molecule has 1 aliphatic rings. The predicted molar refractivity (Wildman–Crippen MR) is 64.5 cm³/mol. The second-order valence-electron chi connectivity index (χ2n) is 4.43. The first kappa shape index (κ1) is 11.9. The maximum absolute atomic E-state index is 11.5. The van der Waals surface area contributed by atoms with Crippen molar-refractivity contribution in [3.05, 3.63) is 28.8 Å². The van der Waals surface area contributed by atoms with Crippen molar-refractivity contribution in [1.82, 2.24) is 0 Å². The Morgan fingerprint density at radius 1 is 1.38 bits per heavy atom. The molecule has 0 radical (unpaired) electrons. The first-order valence-electron chi connectivity index (χ1n) is 5.09.